The van der Waals surface area contributed by atoms with Gasteiger partial charge in [0.25, 0.3) is 5.69 Å². The fourth-order valence-electron chi connectivity index (χ4n) is 7.63. The van der Waals surface area contributed by atoms with Gasteiger partial charge in [-0.2, -0.15) is 0 Å². The Labute approximate surface area is 297 Å². The Morgan fingerprint density at radius 2 is 1.28 bits per heavy atom. The first-order valence-electron chi connectivity index (χ1n) is 19.0. The molecule has 0 aliphatic heterocycles. The van der Waals surface area contributed by atoms with E-state index < -0.39 is 23.0 Å². The number of benzene rings is 2. The number of carbonyl (C=O) groups is 3. The predicted octanol–water partition coefficient (Wildman–Crippen LogP) is 11.1. The van der Waals surface area contributed by atoms with Crippen molar-refractivity contribution in [1.82, 2.24) is 0 Å². The highest BCUT2D eigenvalue weighted by molar-refractivity contribution is 5.94. The summed E-state index contributed by atoms with van der Waals surface area (Å²) in [5.41, 5.74) is 1.77. The van der Waals surface area contributed by atoms with Crippen molar-refractivity contribution in [2.75, 3.05) is 11.4 Å². The van der Waals surface area contributed by atoms with E-state index >= 15 is 0 Å². The molecule has 0 radical (unpaired) electrons. The van der Waals surface area contributed by atoms with Gasteiger partial charge in [-0.15, -0.1) is 0 Å². The maximum Gasteiger partial charge on any atom is 0.419 e. The van der Waals surface area contributed by atoms with Crippen LogP contribution in [0.25, 0.3) is 0 Å². The van der Waals surface area contributed by atoms with Crippen molar-refractivity contribution in [3.8, 4) is 17.2 Å². The third-order valence-corrected chi connectivity index (χ3v) is 10.0. The summed E-state index contributed by atoms with van der Waals surface area (Å²) in [6.07, 6.45) is 21.4. The molecule has 10 nitrogen and oxygen atoms in total. The molecule has 2 aromatic carbocycles. The second kappa shape index (κ2) is 20.0. The van der Waals surface area contributed by atoms with Crippen molar-refractivity contribution >= 4 is 29.4 Å². The molecule has 2 atom stereocenters. The van der Waals surface area contributed by atoms with Gasteiger partial charge in [0.15, 0.2) is 5.75 Å². The maximum atomic E-state index is 13.9. The first-order chi connectivity index (χ1) is 24.2. The SMILES string of the molecule is CCCCCCCCCCCCCCCCCCN(C(=O)Oc1cccc([N+](=O)[O-])c1)c1cc(OC(C)=O)c2c(c1OC(C)=O)C1CCC2C1. The average Bonchev–Trinajstić information content (AvgIpc) is 3.70. The number of nitro benzene ring substituents is 1. The molecule has 1 fully saturated rings. The highest BCUT2D eigenvalue weighted by atomic mass is 16.6. The van der Waals surface area contributed by atoms with Crippen LogP contribution in [0.15, 0.2) is 30.3 Å². The number of amides is 1. The lowest BCUT2D eigenvalue weighted by molar-refractivity contribution is -0.384. The Kier molecular flexibility index (Phi) is 15.6. The van der Waals surface area contributed by atoms with Crippen LogP contribution in [0.5, 0.6) is 17.2 Å². The number of rotatable bonds is 22. The number of hydrogen-bond acceptors (Lipinski definition) is 8. The molecule has 4 rings (SSSR count). The molecule has 0 aromatic heterocycles. The van der Waals surface area contributed by atoms with Crippen LogP contribution in [0.1, 0.15) is 166 Å². The van der Waals surface area contributed by atoms with Crippen LogP contribution in [0.3, 0.4) is 0 Å². The Hall–Kier alpha value is -3.95. The standard InChI is InChI=1S/C40H56N2O8/c1-4-5-6-7-8-9-10-11-12-13-14-15-16-17-18-19-25-41(40(45)50-34-22-20-21-33(27-34)42(46)47)35-28-36(48-29(2)43)37-31-23-24-32(26-31)38(37)39(35)49-30(3)44/h20-22,27-28,31-32H,4-19,23-26H2,1-3H3. The minimum Gasteiger partial charge on any atom is -0.426 e. The van der Waals surface area contributed by atoms with Crippen molar-refractivity contribution in [2.45, 2.75) is 155 Å². The Morgan fingerprint density at radius 3 is 1.82 bits per heavy atom. The molecule has 274 valence electrons. The zero-order valence-corrected chi connectivity index (χ0v) is 30.3. The molecular weight excluding hydrogens is 636 g/mol. The second-order valence-electron chi connectivity index (χ2n) is 14.0. The molecule has 2 aliphatic carbocycles. The van der Waals surface area contributed by atoms with E-state index in [1.54, 1.807) is 6.07 Å². The summed E-state index contributed by atoms with van der Waals surface area (Å²) in [4.78, 5) is 50.8. The van der Waals surface area contributed by atoms with Crippen molar-refractivity contribution in [1.29, 1.82) is 0 Å². The van der Waals surface area contributed by atoms with Crippen LogP contribution in [0.4, 0.5) is 16.2 Å². The van der Waals surface area contributed by atoms with Gasteiger partial charge in [-0.25, -0.2) is 4.79 Å². The zero-order chi connectivity index (χ0) is 35.9. The average molecular weight is 693 g/mol. The Morgan fingerprint density at radius 1 is 0.740 bits per heavy atom. The number of nitro groups is 1. The molecule has 1 saturated carbocycles. The van der Waals surface area contributed by atoms with Gasteiger partial charge >= 0.3 is 18.0 Å². The summed E-state index contributed by atoms with van der Waals surface area (Å²) >= 11 is 0. The third kappa shape index (κ3) is 11.3. The fourth-order valence-corrected chi connectivity index (χ4v) is 7.63. The van der Waals surface area contributed by atoms with E-state index in [1.807, 2.05) is 0 Å². The normalized spacial score (nSPS) is 15.8. The Balaban J connectivity index is 1.41. The van der Waals surface area contributed by atoms with Gasteiger partial charge in [0.05, 0.1) is 16.7 Å². The van der Waals surface area contributed by atoms with Crippen molar-refractivity contribution in [3.05, 3.63) is 51.6 Å². The van der Waals surface area contributed by atoms with E-state index in [4.69, 9.17) is 14.2 Å². The smallest absolute Gasteiger partial charge is 0.419 e. The molecule has 0 heterocycles. The van der Waals surface area contributed by atoms with Crippen LogP contribution in [0.2, 0.25) is 0 Å². The van der Waals surface area contributed by atoms with E-state index in [9.17, 15) is 24.5 Å². The van der Waals surface area contributed by atoms with E-state index in [1.165, 1.54) is 120 Å². The largest absolute Gasteiger partial charge is 0.426 e. The topological polar surface area (TPSA) is 125 Å². The van der Waals surface area contributed by atoms with Crippen molar-refractivity contribution < 1.29 is 33.5 Å². The summed E-state index contributed by atoms with van der Waals surface area (Å²) in [5.74, 6) is -0.0258. The van der Waals surface area contributed by atoms with Crippen LogP contribution in [-0.2, 0) is 9.59 Å². The highest BCUT2D eigenvalue weighted by Gasteiger charge is 2.44. The van der Waals surface area contributed by atoms with Gasteiger partial charge in [0.1, 0.15) is 11.5 Å². The van der Waals surface area contributed by atoms with Gasteiger partial charge in [-0.05, 0) is 43.6 Å². The fraction of sp³-hybridized carbons (Fsp3) is 0.625. The van der Waals surface area contributed by atoms with Gasteiger partial charge in [-0.1, -0.05) is 109 Å². The summed E-state index contributed by atoms with van der Waals surface area (Å²) in [6.45, 7) is 5.17. The second-order valence-corrected chi connectivity index (χ2v) is 14.0. The predicted molar refractivity (Wildman–Crippen MR) is 194 cm³/mol. The lowest BCUT2D eigenvalue weighted by Crippen LogP contribution is -2.35. The van der Waals surface area contributed by atoms with Crippen LogP contribution < -0.4 is 19.1 Å². The minimum atomic E-state index is -0.767. The van der Waals surface area contributed by atoms with E-state index in [2.05, 4.69) is 6.92 Å². The molecule has 0 N–H and O–H groups in total. The van der Waals surface area contributed by atoms with Gasteiger partial charge in [-0.3, -0.25) is 24.6 Å². The number of fused-ring (bicyclic) bond motifs is 5. The number of anilines is 1. The van der Waals surface area contributed by atoms with E-state index in [0.29, 0.717) is 23.6 Å². The lowest BCUT2D eigenvalue weighted by atomic mass is 9.89. The van der Waals surface area contributed by atoms with Crippen LogP contribution in [0, 0.1) is 10.1 Å². The molecule has 0 spiro atoms. The molecule has 2 aromatic rings. The summed E-state index contributed by atoms with van der Waals surface area (Å²) in [5, 5.41) is 11.4. The molecule has 10 heteroatoms. The van der Waals surface area contributed by atoms with E-state index in [-0.39, 0.29) is 29.8 Å². The molecular formula is C40H56N2O8. The van der Waals surface area contributed by atoms with Crippen molar-refractivity contribution in [2.24, 2.45) is 0 Å². The number of ether oxygens (including phenoxy) is 3. The zero-order valence-electron chi connectivity index (χ0n) is 30.3. The van der Waals surface area contributed by atoms with Gasteiger partial charge < -0.3 is 14.2 Å². The monoisotopic (exact) mass is 692 g/mol. The first kappa shape index (κ1) is 38.8. The van der Waals surface area contributed by atoms with Crippen LogP contribution >= 0.6 is 0 Å². The minimum absolute atomic E-state index is 0.0237. The maximum absolute atomic E-state index is 13.9. The summed E-state index contributed by atoms with van der Waals surface area (Å²) < 4.78 is 17.2. The molecule has 1 amide bonds. The number of non-ortho nitro benzene ring substituents is 1. The number of unbranched alkanes of at least 4 members (excludes halogenated alkanes) is 15. The van der Waals surface area contributed by atoms with E-state index in [0.717, 1.165) is 49.7 Å². The molecule has 2 aliphatic rings. The quantitative estimate of drug-likeness (QED) is 0.0392. The highest BCUT2D eigenvalue weighted by Crippen LogP contribution is 2.61. The summed E-state index contributed by atoms with van der Waals surface area (Å²) in [7, 11) is 0. The molecule has 0 saturated heterocycles. The molecule has 2 unspecified atom stereocenters. The van der Waals surface area contributed by atoms with Gasteiger partial charge in [0, 0.05) is 43.7 Å². The number of hydrogen-bond donors (Lipinski definition) is 0. The Bertz CT molecular complexity index is 1460. The first-order valence-corrected chi connectivity index (χ1v) is 19.0. The lowest BCUT2D eigenvalue weighted by Gasteiger charge is -2.29. The molecule has 50 heavy (non-hydrogen) atoms. The number of carbonyl (C=O) groups excluding carboxylic acids is 3. The number of esters is 2. The van der Waals surface area contributed by atoms with Gasteiger partial charge in [0.2, 0.25) is 0 Å². The van der Waals surface area contributed by atoms with Crippen molar-refractivity contribution in [3.63, 3.8) is 0 Å². The number of nitrogens with zero attached hydrogens (tertiary/aromatic N) is 2. The summed E-state index contributed by atoms with van der Waals surface area (Å²) in [6, 6.07) is 7.07. The van der Waals surface area contributed by atoms with Crippen LogP contribution in [-0.4, -0.2) is 29.5 Å². The molecule has 2 bridgehead atoms. The third-order valence-electron chi connectivity index (χ3n) is 10.0.